The molecule has 0 aliphatic carbocycles. The van der Waals surface area contributed by atoms with E-state index in [0.29, 0.717) is 24.0 Å². The average Bonchev–Trinajstić information content (AvgIpc) is 2.96. The monoisotopic (exact) mass is 445 g/mol. The first-order chi connectivity index (χ1) is 14.1. The van der Waals surface area contributed by atoms with Gasteiger partial charge in [0.2, 0.25) is 0 Å². The average molecular weight is 446 g/mol. The summed E-state index contributed by atoms with van der Waals surface area (Å²) in [6.07, 6.45) is 2.28. The van der Waals surface area contributed by atoms with Crippen LogP contribution in [0.25, 0.3) is 0 Å². The summed E-state index contributed by atoms with van der Waals surface area (Å²) < 4.78 is 29.0. The molecular formula is C23H31N3O2S2. The molecule has 2 unspecified atom stereocenters. The van der Waals surface area contributed by atoms with Crippen LogP contribution in [-0.2, 0) is 10.0 Å². The van der Waals surface area contributed by atoms with Crippen molar-refractivity contribution in [3.63, 3.8) is 0 Å². The lowest BCUT2D eigenvalue weighted by Crippen LogP contribution is -2.43. The minimum atomic E-state index is -3.64. The third kappa shape index (κ3) is 3.37. The summed E-state index contributed by atoms with van der Waals surface area (Å²) in [6, 6.07) is 12.2. The lowest BCUT2D eigenvalue weighted by molar-refractivity contribution is 0.421. The zero-order valence-electron chi connectivity index (χ0n) is 18.6. The van der Waals surface area contributed by atoms with Crippen molar-refractivity contribution in [1.29, 1.82) is 0 Å². The van der Waals surface area contributed by atoms with Crippen molar-refractivity contribution in [3.05, 3.63) is 53.1 Å². The molecule has 0 bridgehead atoms. The maximum absolute atomic E-state index is 13.7. The molecule has 0 aromatic heterocycles. The molecule has 2 aromatic rings. The highest BCUT2D eigenvalue weighted by Gasteiger charge is 2.34. The second kappa shape index (κ2) is 7.70. The Morgan fingerprint density at radius 2 is 1.73 bits per heavy atom. The molecule has 5 nitrogen and oxygen atoms in total. The van der Waals surface area contributed by atoms with Crippen molar-refractivity contribution in [1.82, 2.24) is 4.90 Å². The Morgan fingerprint density at radius 1 is 1.00 bits per heavy atom. The standard InChI is InChI=1S/C23H31N3O2S2/c1-16-8-7-9-20-23(16)26(13-12-24(20)4)30(27,28)22-11-10-19(14-17(22)2)21-15-29(6)18(3)25(21)5/h7-11,14,21H,12-13,15H2,1-6H3. The van der Waals surface area contributed by atoms with E-state index >= 15 is 0 Å². The van der Waals surface area contributed by atoms with E-state index < -0.39 is 10.0 Å². The number of benzene rings is 2. The number of hydrogen-bond acceptors (Lipinski definition) is 4. The molecule has 0 saturated carbocycles. The van der Waals surface area contributed by atoms with Gasteiger partial charge in [-0.05, 0) is 62.9 Å². The van der Waals surface area contributed by atoms with Crippen LogP contribution in [0, 0.1) is 13.8 Å². The van der Waals surface area contributed by atoms with Gasteiger partial charge in [0.1, 0.15) is 0 Å². The molecule has 2 atom stereocenters. The number of fused-ring (bicyclic) bond motifs is 1. The third-order valence-corrected chi connectivity index (χ3v) is 10.6. The topological polar surface area (TPSA) is 43.9 Å². The summed E-state index contributed by atoms with van der Waals surface area (Å²) in [6.45, 7) is 7.22. The van der Waals surface area contributed by atoms with Crippen LogP contribution in [0.15, 0.2) is 41.3 Å². The Kier molecular flexibility index (Phi) is 5.49. The zero-order chi connectivity index (χ0) is 21.8. The van der Waals surface area contributed by atoms with Crippen molar-refractivity contribution in [2.45, 2.75) is 31.7 Å². The molecule has 0 saturated heterocycles. The minimum Gasteiger partial charge on any atom is -0.371 e. The Hall–Kier alpha value is -1.83. The Morgan fingerprint density at radius 3 is 2.37 bits per heavy atom. The van der Waals surface area contributed by atoms with Gasteiger partial charge in [-0.3, -0.25) is 9.21 Å². The van der Waals surface area contributed by atoms with Crippen molar-refractivity contribution in [2.75, 3.05) is 48.4 Å². The van der Waals surface area contributed by atoms with Crippen LogP contribution in [0.2, 0.25) is 0 Å². The molecule has 0 fully saturated rings. The van der Waals surface area contributed by atoms with Gasteiger partial charge in [-0.25, -0.2) is 8.42 Å². The zero-order valence-corrected chi connectivity index (χ0v) is 20.3. The fourth-order valence-electron chi connectivity index (χ4n) is 4.53. The molecule has 30 heavy (non-hydrogen) atoms. The van der Waals surface area contributed by atoms with E-state index in [1.54, 1.807) is 4.31 Å². The summed E-state index contributed by atoms with van der Waals surface area (Å²) in [5.41, 5.74) is 4.75. The summed E-state index contributed by atoms with van der Waals surface area (Å²) >= 11 is 0. The van der Waals surface area contributed by atoms with E-state index in [0.717, 1.165) is 28.3 Å². The molecule has 2 aliphatic heterocycles. The van der Waals surface area contributed by atoms with Gasteiger partial charge in [-0.2, -0.15) is 10.5 Å². The van der Waals surface area contributed by atoms with Crippen LogP contribution in [0.3, 0.4) is 0 Å². The Labute approximate surface area is 183 Å². The van der Waals surface area contributed by atoms with Gasteiger partial charge in [0.05, 0.1) is 22.8 Å². The van der Waals surface area contributed by atoms with Crippen molar-refractivity contribution >= 4 is 36.9 Å². The molecule has 2 aromatic carbocycles. The van der Waals surface area contributed by atoms with Gasteiger partial charge in [-0.15, -0.1) is 0 Å². The molecular weight excluding hydrogens is 414 g/mol. The van der Waals surface area contributed by atoms with Crippen LogP contribution in [-0.4, -0.2) is 57.5 Å². The summed E-state index contributed by atoms with van der Waals surface area (Å²) in [5.74, 6) is 1.10. The van der Waals surface area contributed by atoms with Gasteiger partial charge >= 0.3 is 0 Å². The molecule has 7 heteroatoms. The largest absolute Gasteiger partial charge is 0.371 e. The first-order valence-electron chi connectivity index (χ1n) is 10.3. The van der Waals surface area contributed by atoms with Gasteiger partial charge in [-0.1, -0.05) is 24.3 Å². The second-order valence-electron chi connectivity index (χ2n) is 8.42. The maximum atomic E-state index is 13.7. The van der Waals surface area contributed by atoms with Crippen molar-refractivity contribution < 1.29 is 8.42 Å². The molecule has 0 radical (unpaired) electrons. The van der Waals surface area contributed by atoms with E-state index in [1.165, 1.54) is 10.6 Å². The normalized spacial score (nSPS) is 22.5. The van der Waals surface area contributed by atoms with Crippen LogP contribution >= 0.6 is 10.5 Å². The fourth-order valence-corrected chi connectivity index (χ4v) is 8.02. The predicted octanol–water partition coefficient (Wildman–Crippen LogP) is 3.98. The maximum Gasteiger partial charge on any atom is 0.264 e. The van der Waals surface area contributed by atoms with E-state index in [2.05, 4.69) is 36.1 Å². The van der Waals surface area contributed by atoms with Crippen LogP contribution in [0.4, 0.5) is 11.4 Å². The number of likely N-dealkylation sites (N-methyl/N-ethyl adjacent to an activating group) is 1. The molecule has 0 N–H and O–H groups in total. The SMILES string of the molecule is CC1=S(C)CC(c2ccc(S(=O)(=O)N3CCN(C)c4cccc(C)c43)c(C)c2)N1C. The van der Waals surface area contributed by atoms with Crippen LogP contribution < -0.4 is 9.21 Å². The molecule has 162 valence electrons. The van der Waals surface area contributed by atoms with E-state index in [9.17, 15) is 8.42 Å². The summed E-state index contributed by atoms with van der Waals surface area (Å²) in [5, 5.41) is 0. The van der Waals surface area contributed by atoms with E-state index in [4.69, 9.17) is 0 Å². The van der Waals surface area contributed by atoms with Gasteiger partial charge in [0, 0.05) is 30.4 Å². The Bertz CT molecular complexity index is 1140. The molecule has 0 amide bonds. The van der Waals surface area contributed by atoms with E-state index in [1.807, 2.05) is 51.2 Å². The van der Waals surface area contributed by atoms with Gasteiger partial charge in [0.15, 0.2) is 0 Å². The number of sulfonamides is 1. The van der Waals surface area contributed by atoms with Crippen molar-refractivity contribution in [3.8, 4) is 0 Å². The molecule has 0 spiro atoms. The van der Waals surface area contributed by atoms with Crippen molar-refractivity contribution in [2.24, 2.45) is 0 Å². The number of aryl methyl sites for hydroxylation is 2. The summed E-state index contributed by atoms with van der Waals surface area (Å²) in [4.78, 5) is 6.29. The van der Waals surface area contributed by atoms with Gasteiger partial charge < -0.3 is 4.90 Å². The number of anilines is 2. The lowest BCUT2D eigenvalue weighted by Gasteiger charge is -2.37. The Balaban J connectivity index is 1.73. The van der Waals surface area contributed by atoms with Crippen LogP contribution in [0.1, 0.15) is 29.7 Å². The third-order valence-electron chi connectivity index (χ3n) is 6.54. The molecule has 2 heterocycles. The highest BCUT2D eigenvalue weighted by molar-refractivity contribution is 8.15. The van der Waals surface area contributed by atoms with E-state index in [-0.39, 0.29) is 10.5 Å². The quantitative estimate of drug-likeness (QED) is 0.671. The molecule has 2 aliphatic rings. The lowest BCUT2D eigenvalue weighted by atomic mass is 10.0. The first kappa shape index (κ1) is 21.4. The highest BCUT2D eigenvalue weighted by atomic mass is 32.2. The fraction of sp³-hybridized carbons (Fsp3) is 0.435. The number of para-hydroxylation sites is 1. The molecule has 4 rings (SSSR count). The van der Waals surface area contributed by atoms with Crippen LogP contribution in [0.5, 0.6) is 0 Å². The number of rotatable bonds is 3. The summed E-state index contributed by atoms with van der Waals surface area (Å²) in [7, 11) is 0.786. The highest BCUT2D eigenvalue weighted by Crippen LogP contribution is 2.40. The predicted molar refractivity (Wildman–Crippen MR) is 130 cm³/mol. The number of hydrogen-bond donors (Lipinski definition) is 0. The van der Waals surface area contributed by atoms with Gasteiger partial charge in [0.25, 0.3) is 10.0 Å². The first-order valence-corrected chi connectivity index (χ1v) is 13.5. The minimum absolute atomic E-state index is 0.269. The number of nitrogens with zero attached hydrogens (tertiary/aromatic N) is 3. The second-order valence-corrected chi connectivity index (χ2v) is 12.4. The smallest absolute Gasteiger partial charge is 0.264 e.